The van der Waals surface area contributed by atoms with Gasteiger partial charge in [-0.1, -0.05) is 23.7 Å². The number of hydrogen-bond acceptors (Lipinski definition) is 4. The van der Waals surface area contributed by atoms with Crippen molar-refractivity contribution in [2.45, 2.75) is 4.90 Å². The maximum absolute atomic E-state index is 13.6. The standard InChI is InChI=1S/C20H16ClFN2O4S/c1-28-19-9-5-14(22)11-16(19)12-2-6-15(7-3-12)29(26,27)24-18-8-4-13(21)10-17(18)20(23)25/h2-11,24H,1H3,(H2,23,25). The van der Waals surface area contributed by atoms with Crippen molar-refractivity contribution in [3.05, 3.63) is 77.1 Å². The summed E-state index contributed by atoms with van der Waals surface area (Å²) in [5.74, 6) is -0.813. The summed E-state index contributed by atoms with van der Waals surface area (Å²) < 4.78 is 46.6. The van der Waals surface area contributed by atoms with Gasteiger partial charge in [-0.3, -0.25) is 9.52 Å². The Kier molecular flexibility index (Phi) is 5.76. The quantitative estimate of drug-likeness (QED) is 0.611. The minimum Gasteiger partial charge on any atom is -0.496 e. The van der Waals surface area contributed by atoms with Crippen LogP contribution in [0.2, 0.25) is 5.02 Å². The van der Waals surface area contributed by atoms with Crippen LogP contribution in [0.25, 0.3) is 11.1 Å². The number of amides is 1. The van der Waals surface area contributed by atoms with Crippen molar-refractivity contribution in [2.75, 3.05) is 11.8 Å². The molecule has 0 spiro atoms. The third-order valence-corrected chi connectivity index (χ3v) is 5.75. The van der Waals surface area contributed by atoms with Gasteiger partial charge in [0.05, 0.1) is 23.3 Å². The molecule has 0 saturated carbocycles. The summed E-state index contributed by atoms with van der Waals surface area (Å²) in [4.78, 5) is 11.5. The van der Waals surface area contributed by atoms with Gasteiger partial charge in [0, 0.05) is 10.6 Å². The van der Waals surface area contributed by atoms with E-state index in [0.717, 1.165) is 0 Å². The first kappa shape index (κ1) is 20.6. The number of carbonyl (C=O) groups excluding carboxylic acids is 1. The fourth-order valence-corrected chi connectivity index (χ4v) is 3.98. The molecule has 0 saturated heterocycles. The van der Waals surface area contributed by atoms with Gasteiger partial charge in [-0.15, -0.1) is 0 Å². The first-order chi connectivity index (χ1) is 13.7. The Hall–Kier alpha value is -3.10. The van der Waals surface area contributed by atoms with Crippen molar-refractivity contribution in [3.63, 3.8) is 0 Å². The van der Waals surface area contributed by atoms with Crippen molar-refractivity contribution in [1.82, 2.24) is 0 Å². The monoisotopic (exact) mass is 434 g/mol. The molecule has 29 heavy (non-hydrogen) atoms. The number of hydrogen-bond donors (Lipinski definition) is 2. The number of primary amides is 1. The Balaban J connectivity index is 1.94. The molecule has 0 aliphatic carbocycles. The smallest absolute Gasteiger partial charge is 0.261 e. The first-order valence-corrected chi connectivity index (χ1v) is 10.1. The zero-order valence-corrected chi connectivity index (χ0v) is 16.7. The molecule has 0 aliphatic rings. The van der Waals surface area contributed by atoms with Crippen molar-refractivity contribution >= 4 is 33.2 Å². The van der Waals surface area contributed by atoms with Crippen LogP contribution in [0.4, 0.5) is 10.1 Å². The molecule has 1 amide bonds. The van der Waals surface area contributed by atoms with Crippen LogP contribution < -0.4 is 15.2 Å². The number of rotatable bonds is 6. The molecule has 0 heterocycles. The summed E-state index contributed by atoms with van der Waals surface area (Å²) in [5, 5.41) is 0.246. The summed E-state index contributed by atoms with van der Waals surface area (Å²) in [6, 6.07) is 13.9. The second kappa shape index (κ2) is 8.10. The molecule has 0 aromatic heterocycles. The van der Waals surface area contributed by atoms with E-state index in [9.17, 15) is 17.6 Å². The molecule has 0 atom stereocenters. The van der Waals surface area contributed by atoms with Crippen LogP contribution in [0.3, 0.4) is 0 Å². The fraction of sp³-hybridized carbons (Fsp3) is 0.0500. The predicted molar refractivity (Wildman–Crippen MR) is 109 cm³/mol. The molecular formula is C20H16ClFN2O4S. The molecule has 0 bridgehead atoms. The Morgan fingerprint density at radius 1 is 1.07 bits per heavy atom. The predicted octanol–water partition coefficient (Wildman–Crippen LogP) is 4.05. The van der Waals surface area contributed by atoms with E-state index in [1.165, 1.54) is 67.8 Å². The summed E-state index contributed by atoms with van der Waals surface area (Å²) >= 11 is 5.84. The van der Waals surface area contributed by atoms with Crippen molar-refractivity contribution in [3.8, 4) is 16.9 Å². The molecule has 6 nitrogen and oxygen atoms in total. The number of methoxy groups -OCH3 is 1. The van der Waals surface area contributed by atoms with Crippen molar-refractivity contribution in [2.24, 2.45) is 5.73 Å². The minimum atomic E-state index is -4.01. The lowest BCUT2D eigenvalue weighted by molar-refractivity contribution is 0.100. The highest BCUT2D eigenvalue weighted by Crippen LogP contribution is 2.31. The van der Waals surface area contributed by atoms with Gasteiger partial charge in [0.15, 0.2) is 0 Å². The molecule has 3 aromatic carbocycles. The van der Waals surface area contributed by atoms with Crippen LogP contribution in [0.1, 0.15) is 10.4 Å². The van der Waals surface area contributed by atoms with E-state index in [-0.39, 0.29) is 21.2 Å². The van der Waals surface area contributed by atoms with Crippen LogP contribution in [0.15, 0.2) is 65.6 Å². The number of carbonyl (C=O) groups is 1. The molecular weight excluding hydrogens is 419 g/mol. The molecule has 3 N–H and O–H groups in total. The van der Waals surface area contributed by atoms with Gasteiger partial charge < -0.3 is 10.5 Å². The zero-order chi connectivity index (χ0) is 21.2. The van der Waals surface area contributed by atoms with E-state index in [4.69, 9.17) is 22.1 Å². The number of benzene rings is 3. The van der Waals surface area contributed by atoms with E-state index < -0.39 is 21.7 Å². The third kappa shape index (κ3) is 4.49. The van der Waals surface area contributed by atoms with Crippen LogP contribution >= 0.6 is 11.6 Å². The number of nitrogens with one attached hydrogen (secondary N) is 1. The Bertz CT molecular complexity index is 1180. The molecule has 0 unspecified atom stereocenters. The molecule has 150 valence electrons. The maximum Gasteiger partial charge on any atom is 0.261 e. The number of nitrogens with two attached hydrogens (primary N) is 1. The van der Waals surface area contributed by atoms with E-state index in [1.54, 1.807) is 0 Å². The van der Waals surface area contributed by atoms with Gasteiger partial charge >= 0.3 is 0 Å². The van der Waals surface area contributed by atoms with Gasteiger partial charge in [0.1, 0.15) is 11.6 Å². The molecule has 0 fully saturated rings. The maximum atomic E-state index is 13.6. The number of ether oxygens (including phenoxy) is 1. The highest BCUT2D eigenvalue weighted by Gasteiger charge is 2.19. The largest absolute Gasteiger partial charge is 0.496 e. The van der Waals surface area contributed by atoms with E-state index in [1.807, 2.05) is 0 Å². The van der Waals surface area contributed by atoms with E-state index in [2.05, 4.69) is 4.72 Å². The molecule has 9 heteroatoms. The van der Waals surface area contributed by atoms with Gasteiger partial charge in [-0.25, -0.2) is 12.8 Å². The normalized spacial score (nSPS) is 11.1. The van der Waals surface area contributed by atoms with E-state index in [0.29, 0.717) is 16.9 Å². The van der Waals surface area contributed by atoms with Crippen LogP contribution in [-0.2, 0) is 10.0 Å². The summed E-state index contributed by atoms with van der Waals surface area (Å²) in [6.45, 7) is 0. The van der Waals surface area contributed by atoms with Crippen molar-refractivity contribution < 1.29 is 22.3 Å². The van der Waals surface area contributed by atoms with Gasteiger partial charge in [-0.2, -0.15) is 0 Å². The lowest BCUT2D eigenvalue weighted by atomic mass is 10.0. The first-order valence-electron chi connectivity index (χ1n) is 8.27. The molecule has 0 aliphatic heterocycles. The van der Waals surface area contributed by atoms with E-state index >= 15 is 0 Å². The Morgan fingerprint density at radius 2 is 1.76 bits per heavy atom. The average Bonchev–Trinajstić information content (AvgIpc) is 2.69. The molecule has 3 aromatic rings. The summed E-state index contributed by atoms with van der Waals surface area (Å²) in [6.07, 6.45) is 0. The van der Waals surface area contributed by atoms with Crippen LogP contribution in [0, 0.1) is 5.82 Å². The van der Waals surface area contributed by atoms with Gasteiger partial charge in [0.2, 0.25) is 0 Å². The van der Waals surface area contributed by atoms with Crippen LogP contribution in [-0.4, -0.2) is 21.4 Å². The second-order valence-electron chi connectivity index (χ2n) is 6.03. The minimum absolute atomic E-state index is 0.0118. The zero-order valence-electron chi connectivity index (χ0n) is 15.1. The lowest BCUT2D eigenvalue weighted by Crippen LogP contribution is -2.18. The molecule has 0 radical (unpaired) electrons. The fourth-order valence-electron chi connectivity index (χ4n) is 2.73. The van der Waals surface area contributed by atoms with Gasteiger partial charge in [0.25, 0.3) is 15.9 Å². The summed E-state index contributed by atoms with van der Waals surface area (Å²) in [5.41, 5.74) is 6.31. The van der Waals surface area contributed by atoms with Gasteiger partial charge in [-0.05, 0) is 54.1 Å². The average molecular weight is 435 g/mol. The van der Waals surface area contributed by atoms with Crippen molar-refractivity contribution in [1.29, 1.82) is 0 Å². The Labute approximate surface area is 172 Å². The topological polar surface area (TPSA) is 98.5 Å². The number of halogens is 2. The second-order valence-corrected chi connectivity index (χ2v) is 8.15. The Morgan fingerprint density at radius 3 is 2.38 bits per heavy atom. The lowest BCUT2D eigenvalue weighted by Gasteiger charge is -2.13. The SMILES string of the molecule is COc1ccc(F)cc1-c1ccc(S(=O)(=O)Nc2ccc(Cl)cc2C(N)=O)cc1. The highest BCUT2D eigenvalue weighted by molar-refractivity contribution is 7.92. The highest BCUT2D eigenvalue weighted by atomic mass is 35.5. The molecule has 3 rings (SSSR count). The number of anilines is 1. The third-order valence-electron chi connectivity index (χ3n) is 4.13. The summed E-state index contributed by atoms with van der Waals surface area (Å²) in [7, 11) is -2.55. The van der Waals surface area contributed by atoms with Crippen LogP contribution in [0.5, 0.6) is 5.75 Å². The number of sulfonamides is 1.